The molecule has 3 nitrogen and oxygen atoms in total. The van der Waals surface area contributed by atoms with E-state index in [9.17, 15) is 0 Å². The Balaban J connectivity index is 1.93. The Kier molecular flexibility index (Phi) is 4.15. The third-order valence-electron chi connectivity index (χ3n) is 3.27. The van der Waals surface area contributed by atoms with Gasteiger partial charge in [0.1, 0.15) is 5.82 Å². The van der Waals surface area contributed by atoms with Crippen LogP contribution in [0.3, 0.4) is 0 Å². The van der Waals surface area contributed by atoms with Gasteiger partial charge in [-0.2, -0.15) is 5.26 Å². The number of halogens is 2. The molecule has 0 saturated heterocycles. The number of hydrogen-bond acceptors (Lipinski definition) is 2. The van der Waals surface area contributed by atoms with E-state index in [2.05, 4.69) is 11.1 Å². The Morgan fingerprint density at radius 1 is 1.05 bits per heavy atom. The van der Waals surface area contributed by atoms with Crippen LogP contribution in [0.5, 0.6) is 0 Å². The minimum atomic E-state index is 0.579. The summed E-state index contributed by atoms with van der Waals surface area (Å²) in [4.78, 5) is 4.39. The van der Waals surface area contributed by atoms with E-state index < -0.39 is 0 Å². The molecule has 0 aliphatic heterocycles. The van der Waals surface area contributed by atoms with E-state index in [4.69, 9.17) is 28.5 Å². The van der Waals surface area contributed by atoms with Gasteiger partial charge in [0.2, 0.25) is 0 Å². The van der Waals surface area contributed by atoms with Gasteiger partial charge in [-0.25, -0.2) is 4.98 Å². The molecule has 0 fully saturated rings. The van der Waals surface area contributed by atoms with Crippen LogP contribution in [-0.4, -0.2) is 9.55 Å². The maximum Gasteiger partial charge on any atom is 0.140 e. The molecule has 3 aromatic rings. The first-order valence-electron chi connectivity index (χ1n) is 6.62. The second-order valence-electron chi connectivity index (χ2n) is 4.85. The number of aromatic nitrogens is 2. The van der Waals surface area contributed by atoms with Crippen LogP contribution in [-0.2, 0) is 6.54 Å². The van der Waals surface area contributed by atoms with E-state index in [0.29, 0.717) is 22.2 Å². The fraction of sp³-hybridized carbons (Fsp3) is 0.0588. The summed E-state index contributed by atoms with van der Waals surface area (Å²) in [7, 11) is 0. The predicted molar refractivity (Wildman–Crippen MR) is 87.9 cm³/mol. The Bertz CT molecular complexity index is 825. The van der Waals surface area contributed by atoms with Gasteiger partial charge in [-0.15, -0.1) is 0 Å². The molecule has 0 aliphatic carbocycles. The highest BCUT2D eigenvalue weighted by atomic mass is 35.5. The van der Waals surface area contributed by atoms with Crippen molar-refractivity contribution < 1.29 is 0 Å². The molecule has 1 aromatic heterocycles. The normalized spacial score (nSPS) is 10.4. The van der Waals surface area contributed by atoms with Crippen molar-refractivity contribution >= 4 is 23.2 Å². The van der Waals surface area contributed by atoms with E-state index >= 15 is 0 Å². The van der Waals surface area contributed by atoms with Crippen molar-refractivity contribution in [1.29, 1.82) is 5.26 Å². The first-order chi connectivity index (χ1) is 10.7. The predicted octanol–water partition coefficient (Wildman–Crippen LogP) is 4.78. The van der Waals surface area contributed by atoms with Gasteiger partial charge in [0.15, 0.2) is 0 Å². The van der Waals surface area contributed by atoms with Gasteiger partial charge in [0.05, 0.1) is 11.6 Å². The van der Waals surface area contributed by atoms with Crippen molar-refractivity contribution in [3.05, 3.63) is 76.0 Å². The Morgan fingerprint density at radius 2 is 1.73 bits per heavy atom. The fourth-order valence-electron chi connectivity index (χ4n) is 2.26. The molecule has 0 aliphatic rings. The first kappa shape index (κ1) is 14.6. The lowest BCUT2D eigenvalue weighted by Crippen LogP contribution is -2.01. The summed E-state index contributed by atoms with van der Waals surface area (Å²) in [5.41, 5.74) is 2.61. The molecular weight excluding hydrogens is 317 g/mol. The summed E-state index contributed by atoms with van der Waals surface area (Å²) in [6.45, 7) is 0.658. The van der Waals surface area contributed by atoms with Crippen molar-refractivity contribution in [2.45, 2.75) is 6.54 Å². The summed E-state index contributed by atoms with van der Waals surface area (Å²) in [6.07, 6.45) is 3.65. The van der Waals surface area contributed by atoms with E-state index in [1.54, 1.807) is 12.3 Å². The van der Waals surface area contributed by atoms with Crippen molar-refractivity contribution in [3.63, 3.8) is 0 Å². The van der Waals surface area contributed by atoms with Crippen molar-refractivity contribution in [3.8, 4) is 17.5 Å². The molecule has 5 heteroatoms. The zero-order chi connectivity index (χ0) is 15.5. The van der Waals surface area contributed by atoms with Crippen LogP contribution in [0.15, 0.2) is 54.9 Å². The van der Waals surface area contributed by atoms with Gasteiger partial charge in [-0.1, -0.05) is 35.3 Å². The fourth-order valence-corrected chi connectivity index (χ4v) is 2.79. The molecule has 0 radical (unpaired) electrons. The minimum Gasteiger partial charge on any atom is -0.327 e. The lowest BCUT2D eigenvalue weighted by atomic mass is 10.1. The highest BCUT2D eigenvalue weighted by molar-refractivity contribution is 6.35. The standard InChI is InChI=1S/C17H11Cl2N3/c18-15-7-14(8-16(19)9-15)17-21-5-6-22(17)11-13-3-1-12(10-20)2-4-13/h1-9H,11H2. The molecule has 0 N–H and O–H groups in total. The Morgan fingerprint density at radius 3 is 2.36 bits per heavy atom. The maximum absolute atomic E-state index is 8.84. The van der Waals surface area contributed by atoms with Crippen LogP contribution >= 0.6 is 23.2 Å². The smallest absolute Gasteiger partial charge is 0.140 e. The zero-order valence-corrected chi connectivity index (χ0v) is 13.0. The van der Waals surface area contributed by atoms with Crippen molar-refractivity contribution in [1.82, 2.24) is 9.55 Å². The highest BCUT2D eigenvalue weighted by Crippen LogP contribution is 2.26. The van der Waals surface area contributed by atoms with Gasteiger partial charge in [0, 0.05) is 34.5 Å². The molecule has 3 rings (SSSR count). The molecule has 2 aromatic carbocycles. The average molecular weight is 328 g/mol. The largest absolute Gasteiger partial charge is 0.327 e. The molecule has 0 atom stereocenters. The van der Waals surface area contributed by atoms with Crippen molar-refractivity contribution in [2.75, 3.05) is 0 Å². The summed E-state index contributed by atoms with van der Waals surface area (Å²) in [6, 6.07) is 15.0. The van der Waals surface area contributed by atoms with Gasteiger partial charge < -0.3 is 4.57 Å². The number of benzene rings is 2. The number of nitriles is 1. The first-order valence-corrected chi connectivity index (χ1v) is 7.38. The molecule has 0 unspecified atom stereocenters. The van der Waals surface area contributed by atoms with E-state index in [-0.39, 0.29) is 0 Å². The average Bonchev–Trinajstić information content (AvgIpc) is 2.95. The van der Waals surface area contributed by atoms with E-state index in [1.165, 1.54) is 0 Å². The summed E-state index contributed by atoms with van der Waals surface area (Å²) < 4.78 is 2.02. The summed E-state index contributed by atoms with van der Waals surface area (Å²) >= 11 is 12.1. The van der Waals surface area contributed by atoms with Crippen LogP contribution in [0.25, 0.3) is 11.4 Å². The quantitative estimate of drug-likeness (QED) is 0.694. The molecule has 0 saturated carbocycles. The van der Waals surface area contributed by atoms with E-state index in [0.717, 1.165) is 17.0 Å². The molecular formula is C17H11Cl2N3. The number of hydrogen-bond donors (Lipinski definition) is 0. The lowest BCUT2D eigenvalue weighted by molar-refractivity contribution is 0.807. The monoisotopic (exact) mass is 327 g/mol. The lowest BCUT2D eigenvalue weighted by Gasteiger charge is -2.09. The molecule has 108 valence electrons. The molecule has 1 heterocycles. The zero-order valence-electron chi connectivity index (χ0n) is 11.5. The van der Waals surface area contributed by atoms with Gasteiger partial charge >= 0.3 is 0 Å². The SMILES string of the molecule is N#Cc1ccc(Cn2ccnc2-c2cc(Cl)cc(Cl)c2)cc1. The third-order valence-corrected chi connectivity index (χ3v) is 3.71. The summed E-state index contributed by atoms with van der Waals surface area (Å²) in [5, 5.41) is 10.00. The third kappa shape index (κ3) is 3.14. The van der Waals surface area contributed by atoms with Gasteiger partial charge in [0.25, 0.3) is 0 Å². The van der Waals surface area contributed by atoms with Crippen molar-refractivity contribution in [2.24, 2.45) is 0 Å². The van der Waals surface area contributed by atoms with E-state index in [1.807, 2.05) is 47.2 Å². The Hall–Kier alpha value is -2.28. The van der Waals surface area contributed by atoms with Gasteiger partial charge in [-0.05, 0) is 35.9 Å². The van der Waals surface area contributed by atoms with Crippen LogP contribution < -0.4 is 0 Å². The Labute approximate surface area is 138 Å². The second kappa shape index (κ2) is 6.23. The summed E-state index contributed by atoms with van der Waals surface area (Å²) in [5.74, 6) is 0.800. The molecule has 0 bridgehead atoms. The highest BCUT2D eigenvalue weighted by Gasteiger charge is 2.08. The minimum absolute atomic E-state index is 0.579. The molecule has 22 heavy (non-hydrogen) atoms. The number of nitrogens with zero attached hydrogens (tertiary/aromatic N) is 3. The number of imidazole rings is 1. The number of rotatable bonds is 3. The van der Waals surface area contributed by atoms with Crippen LogP contribution in [0, 0.1) is 11.3 Å². The maximum atomic E-state index is 8.84. The van der Waals surface area contributed by atoms with Crippen LogP contribution in [0.1, 0.15) is 11.1 Å². The van der Waals surface area contributed by atoms with Crippen LogP contribution in [0.2, 0.25) is 10.0 Å². The topological polar surface area (TPSA) is 41.6 Å². The molecule has 0 amide bonds. The van der Waals surface area contributed by atoms with Gasteiger partial charge in [-0.3, -0.25) is 0 Å². The molecule has 0 spiro atoms. The second-order valence-corrected chi connectivity index (χ2v) is 5.72. The van der Waals surface area contributed by atoms with Crippen LogP contribution in [0.4, 0.5) is 0 Å².